The van der Waals surface area contributed by atoms with Gasteiger partial charge in [-0.05, 0) is 12.1 Å². The summed E-state index contributed by atoms with van der Waals surface area (Å²) < 4.78 is 32.4. The van der Waals surface area contributed by atoms with Crippen LogP contribution in [0, 0.1) is 5.82 Å². The molecule has 1 aromatic carbocycles. The summed E-state index contributed by atoms with van der Waals surface area (Å²) in [6.07, 6.45) is 0. The zero-order valence-electron chi connectivity index (χ0n) is 6.01. The molecule has 4 nitrogen and oxygen atoms in total. The Morgan fingerprint density at radius 2 is 1.67 bits per heavy atom. The third-order valence-corrected chi connectivity index (χ3v) is 0.991. The average molecular weight is 190 g/mol. The first-order valence-electron chi connectivity index (χ1n) is 2.87. The van der Waals surface area contributed by atoms with E-state index in [-0.39, 0.29) is 5.82 Å². The van der Waals surface area contributed by atoms with Crippen molar-refractivity contribution < 1.29 is 12.8 Å². The Bertz CT molecular complexity index is 328. The van der Waals surface area contributed by atoms with E-state index in [2.05, 4.69) is 10.3 Å². The molecule has 0 saturated carbocycles. The average Bonchev–Trinajstić information content (AvgIpc) is 2.07. The summed E-state index contributed by atoms with van der Waals surface area (Å²) in [6.45, 7) is 0. The first-order chi connectivity index (χ1) is 5.66. The van der Waals surface area contributed by atoms with E-state index in [1.54, 1.807) is 18.2 Å². The van der Waals surface area contributed by atoms with Gasteiger partial charge in [0.25, 0.3) is 0 Å². The molecule has 0 unspecified atom stereocenters. The highest BCUT2D eigenvalue weighted by atomic mass is 32.2. The molecule has 0 spiro atoms. The second-order valence-electron chi connectivity index (χ2n) is 1.62. The molecule has 0 bridgehead atoms. The molecule has 1 rings (SSSR count). The van der Waals surface area contributed by atoms with Gasteiger partial charge in [-0.2, -0.15) is 8.42 Å². The fourth-order valence-electron chi connectivity index (χ4n) is 0.415. The molecule has 0 aliphatic rings. The van der Waals surface area contributed by atoms with Crippen molar-refractivity contribution in [1.82, 2.24) is 0 Å². The summed E-state index contributed by atoms with van der Waals surface area (Å²) in [6, 6.07) is 7.94. The topological polar surface area (TPSA) is 72.5 Å². The number of nitrogens with zero attached hydrogens (tertiary/aromatic N) is 1. The normalized spacial score (nSPS) is 7.83. The van der Waals surface area contributed by atoms with Gasteiger partial charge in [0.15, 0.2) is 0 Å². The Morgan fingerprint density at radius 1 is 1.25 bits per heavy atom. The Balaban J connectivity index is 0.000000217. The first-order valence-corrected chi connectivity index (χ1v) is 3.91. The molecule has 0 saturated heterocycles. The molecule has 0 radical (unpaired) electrons. The molecule has 66 valence electrons. The van der Waals surface area contributed by atoms with Gasteiger partial charge >= 0.3 is 10.5 Å². The van der Waals surface area contributed by atoms with E-state index in [1.165, 1.54) is 12.1 Å². The van der Waals surface area contributed by atoms with E-state index in [0.717, 1.165) is 0 Å². The highest BCUT2D eigenvalue weighted by Crippen LogP contribution is 1.91. The van der Waals surface area contributed by atoms with E-state index in [4.69, 9.17) is 8.42 Å². The van der Waals surface area contributed by atoms with Crippen molar-refractivity contribution in [2.45, 2.75) is 0 Å². The second kappa shape index (κ2) is 6.44. The molecule has 1 aromatic rings. The number of hydrogen-bond acceptors (Lipinski definition) is 3. The summed E-state index contributed by atoms with van der Waals surface area (Å²) >= 11 is 0. The van der Waals surface area contributed by atoms with Crippen molar-refractivity contribution in [3.8, 4) is 0 Å². The van der Waals surface area contributed by atoms with E-state index in [9.17, 15) is 4.39 Å². The van der Waals surface area contributed by atoms with Crippen LogP contribution >= 0.6 is 0 Å². The van der Waals surface area contributed by atoms with Crippen LogP contribution in [-0.2, 0) is 10.5 Å². The quantitative estimate of drug-likeness (QED) is 0.484. The molecular weight excluding hydrogens is 183 g/mol. The highest BCUT2D eigenvalue weighted by molar-refractivity contribution is 7.61. The lowest BCUT2D eigenvalue weighted by molar-refractivity contribution is 0.620. The molecule has 0 aliphatic carbocycles. The summed E-state index contributed by atoms with van der Waals surface area (Å²) in [5.74, 6) is 4.01. The predicted molar refractivity (Wildman–Crippen MR) is 41.9 cm³/mol. The molecule has 0 heterocycles. The zero-order chi connectivity index (χ0) is 9.40. The zero-order valence-corrected chi connectivity index (χ0v) is 6.83. The third-order valence-electron chi connectivity index (χ3n) is 0.819. The first kappa shape index (κ1) is 10.7. The summed E-state index contributed by atoms with van der Waals surface area (Å²) in [5.41, 5.74) is 0. The number of benzene rings is 1. The smallest absolute Gasteiger partial charge is 0.212 e. The summed E-state index contributed by atoms with van der Waals surface area (Å²) in [7, 11) is -2.42. The maximum atomic E-state index is 11.9. The van der Waals surface area contributed by atoms with Crippen molar-refractivity contribution in [2.75, 3.05) is 0 Å². The van der Waals surface area contributed by atoms with Crippen LogP contribution in [0.15, 0.2) is 34.8 Å². The minimum atomic E-state index is -2.42. The van der Waals surface area contributed by atoms with Crippen molar-refractivity contribution in [2.24, 2.45) is 10.3 Å². The van der Waals surface area contributed by atoms with E-state index in [1.807, 2.05) is 0 Å². The van der Waals surface area contributed by atoms with Crippen LogP contribution in [0.1, 0.15) is 0 Å². The van der Waals surface area contributed by atoms with Gasteiger partial charge in [-0.25, -0.2) is 10.2 Å². The monoisotopic (exact) mass is 190 g/mol. The Kier molecular flexibility index (Phi) is 5.76. The van der Waals surface area contributed by atoms with E-state index < -0.39 is 10.5 Å². The molecule has 0 amide bonds. The van der Waals surface area contributed by atoms with Crippen LogP contribution in [0.25, 0.3) is 0 Å². The number of halogens is 1. The van der Waals surface area contributed by atoms with Crippen LogP contribution in [0.2, 0.25) is 0 Å². The van der Waals surface area contributed by atoms with Gasteiger partial charge in [-0.15, -0.1) is 0 Å². The van der Waals surface area contributed by atoms with Crippen molar-refractivity contribution in [1.29, 1.82) is 0 Å². The fraction of sp³-hybridized carbons (Fsp3) is 0. The van der Waals surface area contributed by atoms with Crippen LogP contribution in [-0.4, -0.2) is 8.42 Å². The second-order valence-corrected chi connectivity index (χ2v) is 2.26. The predicted octanol–water partition coefficient (Wildman–Crippen LogP) is 0.748. The van der Waals surface area contributed by atoms with Gasteiger partial charge in [0.05, 0.1) is 0 Å². The van der Waals surface area contributed by atoms with E-state index in [0.29, 0.717) is 0 Å². The number of nitrogens with two attached hydrogens (primary N) is 1. The standard InChI is InChI=1S/C6H5F.H2N2O2S/c7-6-4-2-1-3-5-6;1-2-5(3)4/h1-5H;1H2. The molecule has 2 N–H and O–H groups in total. The molecule has 0 aliphatic heterocycles. The minimum absolute atomic E-state index is 0.178. The Morgan fingerprint density at radius 3 is 1.83 bits per heavy atom. The van der Waals surface area contributed by atoms with Gasteiger partial charge in [-0.3, -0.25) is 0 Å². The van der Waals surface area contributed by atoms with E-state index >= 15 is 0 Å². The van der Waals surface area contributed by atoms with Crippen LogP contribution in [0.3, 0.4) is 0 Å². The molecule has 0 atom stereocenters. The molecular formula is C6H7FN2O2S. The molecule has 0 aromatic heterocycles. The maximum Gasteiger partial charge on any atom is 0.327 e. The Labute approximate surface area is 70.5 Å². The largest absolute Gasteiger partial charge is 0.327 e. The summed E-state index contributed by atoms with van der Waals surface area (Å²) in [4.78, 5) is 0. The fourth-order valence-corrected chi connectivity index (χ4v) is 0.415. The lowest BCUT2D eigenvalue weighted by Crippen LogP contribution is -1.73. The lowest BCUT2D eigenvalue weighted by Gasteiger charge is -1.78. The molecule has 12 heavy (non-hydrogen) atoms. The van der Waals surface area contributed by atoms with Crippen LogP contribution < -0.4 is 5.84 Å². The van der Waals surface area contributed by atoms with Crippen LogP contribution in [0.4, 0.5) is 4.39 Å². The van der Waals surface area contributed by atoms with Gasteiger partial charge in [0.1, 0.15) is 5.82 Å². The van der Waals surface area contributed by atoms with Gasteiger partial charge < -0.3 is 0 Å². The molecule has 6 heteroatoms. The molecule has 0 fully saturated rings. The number of hydrogen-bond donors (Lipinski definition) is 1. The third kappa shape index (κ3) is 6.84. The SMILES string of the molecule is Fc1ccccc1.NN=S(=O)=O. The lowest BCUT2D eigenvalue weighted by atomic mass is 10.4. The Hall–Kier alpha value is -1.27. The van der Waals surface area contributed by atoms with Crippen molar-refractivity contribution >= 4 is 10.5 Å². The van der Waals surface area contributed by atoms with Crippen molar-refractivity contribution in [3.63, 3.8) is 0 Å². The van der Waals surface area contributed by atoms with Gasteiger partial charge in [0, 0.05) is 0 Å². The number of rotatable bonds is 0. The maximum absolute atomic E-state index is 11.9. The van der Waals surface area contributed by atoms with Gasteiger partial charge in [-0.1, -0.05) is 22.7 Å². The summed E-state index contributed by atoms with van der Waals surface area (Å²) in [5, 5.41) is 0. The van der Waals surface area contributed by atoms with Crippen LogP contribution in [0.5, 0.6) is 0 Å². The van der Waals surface area contributed by atoms with Gasteiger partial charge in [0.2, 0.25) is 0 Å². The highest BCUT2D eigenvalue weighted by Gasteiger charge is 1.77. The minimum Gasteiger partial charge on any atom is -0.212 e. The van der Waals surface area contributed by atoms with Crippen molar-refractivity contribution in [3.05, 3.63) is 36.1 Å².